The second-order valence-electron chi connectivity index (χ2n) is 8.45. The van der Waals surface area contributed by atoms with Crippen LogP contribution in [0.4, 0.5) is 17.1 Å². The summed E-state index contributed by atoms with van der Waals surface area (Å²) in [6.07, 6.45) is 2.03. The molecule has 0 atom stereocenters. The number of ether oxygens (including phenoxy) is 1. The average molecular weight is 538 g/mol. The van der Waals surface area contributed by atoms with Crippen LogP contribution in [0.2, 0.25) is 5.02 Å². The lowest BCUT2D eigenvalue weighted by Crippen LogP contribution is -2.32. The highest BCUT2D eigenvalue weighted by Crippen LogP contribution is 2.32. The maximum atomic E-state index is 13.1. The van der Waals surface area contributed by atoms with Crippen LogP contribution in [-0.2, 0) is 9.59 Å². The Morgan fingerprint density at radius 2 is 1.73 bits per heavy atom. The average Bonchev–Trinajstić information content (AvgIpc) is 3.09. The summed E-state index contributed by atoms with van der Waals surface area (Å²) in [5.41, 5.74) is 2.42. The molecule has 1 heterocycles. The van der Waals surface area contributed by atoms with Crippen molar-refractivity contribution in [2.24, 2.45) is 0 Å². The van der Waals surface area contributed by atoms with Crippen LogP contribution < -0.4 is 20.3 Å². The summed E-state index contributed by atoms with van der Waals surface area (Å²) in [6.45, 7) is 4.55. The highest BCUT2D eigenvalue weighted by molar-refractivity contribution is 6.53. The van der Waals surface area contributed by atoms with E-state index in [1.807, 2.05) is 6.92 Å². The van der Waals surface area contributed by atoms with Crippen LogP contribution in [-0.4, -0.2) is 24.3 Å². The summed E-state index contributed by atoms with van der Waals surface area (Å²) in [5, 5.41) is 5.93. The number of imide groups is 1. The molecule has 0 spiro atoms. The van der Waals surface area contributed by atoms with Gasteiger partial charge in [-0.2, -0.15) is 0 Å². The van der Waals surface area contributed by atoms with E-state index < -0.39 is 11.8 Å². The van der Waals surface area contributed by atoms with E-state index in [1.54, 1.807) is 60.7 Å². The van der Waals surface area contributed by atoms with Crippen molar-refractivity contribution in [3.63, 3.8) is 0 Å². The number of aryl methyl sites for hydroxylation is 1. The predicted octanol–water partition coefficient (Wildman–Crippen LogP) is 6.52. The third-order valence-electron chi connectivity index (χ3n) is 5.73. The first kappa shape index (κ1) is 26.3. The van der Waals surface area contributed by atoms with E-state index in [9.17, 15) is 14.4 Å². The molecule has 0 aliphatic carbocycles. The smallest absolute Gasteiger partial charge is 0.283 e. The van der Waals surface area contributed by atoms with E-state index in [0.717, 1.165) is 29.1 Å². The zero-order valence-electron chi connectivity index (χ0n) is 20.3. The highest BCUT2D eigenvalue weighted by atomic mass is 35.5. The second kappa shape index (κ2) is 11.5. The molecule has 0 saturated carbocycles. The van der Waals surface area contributed by atoms with Crippen LogP contribution in [0.1, 0.15) is 35.7 Å². The molecule has 1 aliphatic rings. The quantitative estimate of drug-likeness (QED) is 0.239. The van der Waals surface area contributed by atoms with Gasteiger partial charge in [-0.25, -0.2) is 4.90 Å². The fourth-order valence-electron chi connectivity index (χ4n) is 3.67. The molecule has 3 aromatic carbocycles. The number of benzene rings is 3. The molecule has 3 amide bonds. The van der Waals surface area contributed by atoms with Crippen LogP contribution in [0.15, 0.2) is 77.5 Å². The maximum Gasteiger partial charge on any atom is 0.283 e. The van der Waals surface area contributed by atoms with Gasteiger partial charge in [0, 0.05) is 22.0 Å². The minimum absolute atomic E-state index is 0.0778. The Morgan fingerprint density at radius 3 is 2.43 bits per heavy atom. The van der Waals surface area contributed by atoms with Gasteiger partial charge in [0.05, 0.1) is 12.3 Å². The monoisotopic (exact) mass is 537 g/mol. The third-order valence-corrected chi connectivity index (χ3v) is 6.32. The van der Waals surface area contributed by atoms with Crippen molar-refractivity contribution in [2.45, 2.75) is 26.7 Å². The van der Waals surface area contributed by atoms with Crippen molar-refractivity contribution in [2.75, 3.05) is 22.1 Å². The van der Waals surface area contributed by atoms with Gasteiger partial charge in [-0.1, -0.05) is 48.7 Å². The molecule has 1 aliphatic heterocycles. The summed E-state index contributed by atoms with van der Waals surface area (Å²) >= 11 is 12.3. The van der Waals surface area contributed by atoms with Crippen LogP contribution in [0.5, 0.6) is 5.75 Å². The zero-order chi connectivity index (χ0) is 26.5. The first-order valence-corrected chi connectivity index (χ1v) is 12.5. The Hall–Kier alpha value is -3.81. The number of carbonyl (C=O) groups excluding carboxylic acids is 3. The molecule has 0 radical (unpaired) electrons. The molecule has 4 rings (SSSR count). The first-order valence-electron chi connectivity index (χ1n) is 11.7. The van der Waals surface area contributed by atoms with Crippen LogP contribution >= 0.6 is 23.2 Å². The topological polar surface area (TPSA) is 87.7 Å². The van der Waals surface area contributed by atoms with Gasteiger partial charge in [0.1, 0.15) is 16.5 Å². The van der Waals surface area contributed by atoms with Gasteiger partial charge < -0.3 is 15.4 Å². The number of rotatable bonds is 9. The van der Waals surface area contributed by atoms with Crippen molar-refractivity contribution >= 4 is 58.0 Å². The largest absolute Gasteiger partial charge is 0.494 e. The SMILES string of the molecule is CCCCOc1ccc(NC(=O)c2ccc(C)c(NC3=C(Cl)C(=O)N(c4cccc(Cl)c4)C3=O)c2)cc1. The van der Waals surface area contributed by atoms with Crippen molar-refractivity contribution in [3.05, 3.63) is 93.6 Å². The van der Waals surface area contributed by atoms with Crippen molar-refractivity contribution < 1.29 is 19.1 Å². The minimum atomic E-state index is -0.662. The number of nitrogens with one attached hydrogen (secondary N) is 2. The van der Waals surface area contributed by atoms with Gasteiger partial charge in [0.25, 0.3) is 17.7 Å². The summed E-state index contributed by atoms with van der Waals surface area (Å²) in [5.74, 6) is -0.879. The Kier molecular flexibility index (Phi) is 8.16. The lowest BCUT2D eigenvalue weighted by molar-refractivity contribution is -0.120. The van der Waals surface area contributed by atoms with Crippen molar-refractivity contribution in [1.29, 1.82) is 0 Å². The lowest BCUT2D eigenvalue weighted by Gasteiger charge is -2.16. The second-order valence-corrected chi connectivity index (χ2v) is 9.26. The molecular weight excluding hydrogens is 513 g/mol. The normalized spacial score (nSPS) is 13.2. The van der Waals surface area contributed by atoms with E-state index in [1.165, 1.54) is 6.07 Å². The van der Waals surface area contributed by atoms with Crippen LogP contribution in [0, 0.1) is 6.92 Å². The molecule has 37 heavy (non-hydrogen) atoms. The molecule has 0 bridgehead atoms. The molecule has 0 fully saturated rings. The Labute approximate surface area is 225 Å². The van der Waals surface area contributed by atoms with Crippen molar-refractivity contribution in [3.8, 4) is 5.75 Å². The lowest BCUT2D eigenvalue weighted by atomic mass is 10.1. The van der Waals surface area contributed by atoms with Gasteiger partial charge >= 0.3 is 0 Å². The van der Waals surface area contributed by atoms with E-state index in [0.29, 0.717) is 34.3 Å². The minimum Gasteiger partial charge on any atom is -0.494 e. The fraction of sp³-hybridized carbons (Fsp3) is 0.179. The molecule has 7 nitrogen and oxygen atoms in total. The molecule has 3 aromatic rings. The number of nitrogens with zero attached hydrogens (tertiary/aromatic N) is 1. The van der Waals surface area contributed by atoms with Gasteiger partial charge in [-0.05, 0) is 73.5 Å². The fourth-order valence-corrected chi connectivity index (χ4v) is 4.06. The molecule has 0 unspecified atom stereocenters. The Bertz CT molecular complexity index is 1390. The number of anilines is 3. The molecule has 2 N–H and O–H groups in total. The predicted molar refractivity (Wildman–Crippen MR) is 146 cm³/mol. The number of halogens is 2. The molecule has 0 aromatic heterocycles. The maximum absolute atomic E-state index is 13.1. The third kappa shape index (κ3) is 5.96. The first-order chi connectivity index (χ1) is 17.8. The number of carbonyl (C=O) groups is 3. The number of amides is 3. The summed E-state index contributed by atoms with van der Waals surface area (Å²) in [7, 11) is 0. The van der Waals surface area contributed by atoms with Gasteiger partial charge in [0.2, 0.25) is 0 Å². The summed E-state index contributed by atoms with van der Waals surface area (Å²) < 4.78 is 5.65. The number of hydrogen-bond acceptors (Lipinski definition) is 5. The number of unbranched alkanes of at least 4 members (excludes halogenated alkanes) is 1. The molecule has 0 saturated heterocycles. The zero-order valence-corrected chi connectivity index (χ0v) is 21.8. The van der Waals surface area contributed by atoms with Crippen LogP contribution in [0.3, 0.4) is 0 Å². The van der Waals surface area contributed by atoms with E-state index >= 15 is 0 Å². The van der Waals surface area contributed by atoms with Gasteiger partial charge in [-0.15, -0.1) is 0 Å². The van der Waals surface area contributed by atoms with Gasteiger partial charge in [0.15, 0.2) is 0 Å². The Balaban J connectivity index is 1.49. The van der Waals surface area contributed by atoms with Crippen molar-refractivity contribution in [1.82, 2.24) is 0 Å². The molecular formula is C28H25Cl2N3O4. The highest BCUT2D eigenvalue weighted by Gasteiger charge is 2.39. The Morgan fingerprint density at radius 1 is 0.973 bits per heavy atom. The van der Waals surface area contributed by atoms with E-state index in [-0.39, 0.29) is 16.6 Å². The van der Waals surface area contributed by atoms with Crippen LogP contribution in [0.25, 0.3) is 0 Å². The van der Waals surface area contributed by atoms with Gasteiger partial charge in [-0.3, -0.25) is 14.4 Å². The molecule has 190 valence electrons. The number of hydrogen-bond donors (Lipinski definition) is 2. The van der Waals surface area contributed by atoms with E-state index in [2.05, 4.69) is 17.6 Å². The summed E-state index contributed by atoms with van der Waals surface area (Å²) in [4.78, 5) is 39.7. The summed E-state index contributed by atoms with van der Waals surface area (Å²) in [6, 6.07) is 18.5. The molecule has 9 heteroatoms. The van der Waals surface area contributed by atoms with E-state index in [4.69, 9.17) is 27.9 Å². The standard InChI is InChI=1S/C28H25Cl2N3O4/c1-3-4-14-37-22-12-10-20(11-13-22)31-26(34)18-9-8-17(2)23(15-18)32-25-24(30)27(35)33(28(25)36)21-7-5-6-19(29)16-21/h5-13,15-16,32H,3-4,14H2,1-2H3,(H,31,34).